The van der Waals surface area contributed by atoms with Crippen molar-refractivity contribution in [2.45, 2.75) is 48.5 Å². The molecule has 78 heavy (non-hydrogen) atoms. The molecule has 0 aromatic carbocycles. The van der Waals surface area contributed by atoms with Crippen molar-refractivity contribution in [3.05, 3.63) is 85.1 Å². The first-order chi connectivity index (χ1) is 35.5. The Morgan fingerprint density at radius 2 is 0.244 bits per heavy atom. The molecule has 0 rings (SSSR count). The molecule has 462 valence electrons. The molecule has 0 aliphatic heterocycles. The summed E-state index contributed by atoms with van der Waals surface area (Å²) in [6, 6.07) is 0. The lowest BCUT2D eigenvalue weighted by Gasteiger charge is -2.23. The van der Waals surface area contributed by atoms with E-state index in [1.807, 2.05) is 0 Å². The molecule has 0 fully saturated rings. The van der Waals surface area contributed by atoms with E-state index in [9.17, 15) is 33.6 Å². The Bertz CT molecular complexity index is 1250. The van der Waals surface area contributed by atoms with Gasteiger partial charge in [0.15, 0.2) is 0 Å². The molecular formula is C48H90O30. The van der Waals surface area contributed by atoms with E-state index in [1.165, 1.54) is 48.5 Å². The molecule has 0 heterocycles. The first kappa shape index (κ1) is 97.4. The molecule has 0 bridgehead atoms. The quantitative estimate of drug-likeness (QED) is 0.0438. The molecule has 0 atom stereocenters. The summed E-state index contributed by atoms with van der Waals surface area (Å²) in [5, 5.41) is 191. The molecule has 0 amide bonds. The number of rotatable bonds is 23. The topological polar surface area (TPSA) is 585 Å². The van der Waals surface area contributed by atoms with Crippen molar-refractivity contribution >= 4 is 41.8 Å². The molecule has 30 nitrogen and oxygen atoms in total. The van der Waals surface area contributed by atoms with Gasteiger partial charge in [-0.05, 0) is 48.5 Å². The van der Waals surface area contributed by atoms with Gasteiger partial charge in [-0.1, -0.05) is 46.1 Å². The zero-order valence-corrected chi connectivity index (χ0v) is 45.4. The Balaban J connectivity index is -0.0000000707. The molecule has 0 saturated carbocycles. The number of hydrogen-bond acceptors (Lipinski definition) is 23. The first-order valence-electron chi connectivity index (χ1n) is 21.4. The van der Waals surface area contributed by atoms with Crippen LogP contribution in [0.2, 0.25) is 0 Å². The largest absolute Gasteiger partial charge is 0.478 e. The van der Waals surface area contributed by atoms with Gasteiger partial charge in [-0.2, -0.15) is 0 Å². The van der Waals surface area contributed by atoms with Crippen molar-refractivity contribution in [1.29, 1.82) is 0 Å². The van der Waals surface area contributed by atoms with Crippen LogP contribution >= 0.6 is 0 Å². The van der Waals surface area contributed by atoms with Crippen LogP contribution in [0.15, 0.2) is 85.1 Å². The van der Waals surface area contributed by atoms with E-state index in [1.54, 1.807) is 0 Å². The van der Waals surface area contributed by atoms with Crippen LogP contribution in [0.1, 0.15) is 48.5 Å². The highest BCUT2D eigenvalue weighted by Gasteiger charge is 2.28. The second-order valence-electron chi connectivity index (χ2n) is 16.1. The number of aliphatic carboxylic acids is 7. The second-order valence-corrected chi connectivity index (χ2v) is 16.1. The van der Waals surface area contributed by atoms with Crippen LogP contribution in [0, 0.1) is 21.7 Å². The molecule has 0 aliphatic rings. The summed E-state index contributed by atoms with van der Waals surface area (Å²) in [7, 11) is 0. The van der Waals surface area contributed by atoms with Gasteiger partial charge in [0.05, 0.1) is 127 Å². The van der Waals surface area contributed by atoms with Crippen LogP contribution in [0.4, 0.5) is 0 Å². The monoisotopic (exact) mass is 1150 g/mol. The van der Waals surface area contributed by atoms with Gasteiger partial charge in [0.2, 0.25) is 0 Å². The van der Waals surface area contributed by atoms with Gasteiger partial charge in [-0.25, -0.2) is 33.6 Å². The average Bonchev–Trinajstić information content (AvgIpc) is 3.39. The minimum absolute atomic E-state index is 0.176. The fourth-order valence-electron chi connectivity index (χ4n) is 1.20. The number of aliphatic hydroxyl groups excluding tert-OH is 16. The van der Waals surface area contributed by atoms with E-state index in [-0.39, 0.29) is 39.0 Å². The summed E-state index contributed by atoms with van der Waals surface area (Å²) in [5.74, 6) is -6.55. The van der Waals surface area contributed by atoms with Gasteiger partial charge >= 0.3 is 41.8 Å². The molecule has 0 aliphatic carbocycles. The molecule has 23 N–H and O–H groups in total. The van der Waals surface area contributed by atoms with Gasteiger partial charge in [0, 0.05) is 39.0 Å². The SMILES string of the molecule is C=C(C)C(=O)O.C=C(C)C(=O)O.C=C(C)C(=O)O.C=C(C)C(=O)O.C=C(C)C(=O)O.C=C(C)C(=O)O.C=C(C)C(=O)O.OCC(CO)(CO)CO.OCC(CO)(CO)CO.OCC(CO)(CO)CO.OCC(CO)(CO)CO. The summed E-state index contributed by atoms with van der Waals surface area (Å²) in [6.07, 6.45) is 0. The van der Waals surface area contributed by atoms with Crippen molar-refractivity contribution in [2.75, 3.05) is 106 Å². The maximum atomic E-state index is 9.60. The molecule has 0 aromatic heterocycles. The molecule has 0 spiro atoms. The first-order valence-corrected chi connectivity index (χ1v) is 21.4. The maximum Gasteiger partial charge on any atom is 0.330 e. The summed E-state index contributed by atoms with van der Waals surface area (Å²) in [5.41, 5.74) is -3.21. The van der Waals surface area contributed by atoms with Gasteiger partial charge < -0.3 is 117 Å². The normalized spacial score (nSPS) is 9.58. The van der Waals surface area contributed by atoms with Crippen LogP contribution in [0.5, 0.6) is 0 Å². The third kappa shape index (κ3) is 67.8. The molecule has 30 heteroatoms. The number of aliphatic hydroxyl groups is 16. The van der Waals surface area contributed by atoms with Crippen LogP contribution in [0.3, 0.4) is 0 Å². The van der Waals surface area contributed by atoms with E-state index in [0.717, 1.165) is 0 Å². The summed E-state index contributed by atoms with van der Waals surface area (Å²) < 4.78 is 0. The van der Waals surface area contributed by atoms with Crippen molar-refractivity contribution in [2.24, 2.45) is 21.7 Å². The lowest BCUT2D eigenvalue weighted by atomic mass is 9.93. The minimum atomic E-state index is -1.11. The molecule has 0 aromatic rings. The smallest absolute Gasteiger partial charge is 0.330 e. The minimum Gasteiger partial charge on any atom is -0.478 e. The Labute approximate surface area is 453 Å². The number of carbonyl (C=O) groups is 7. The van der Waals surface area contributed by atoms with Crippen molar-refractivity contribution in [1.82, 2.24) is 0 Å². The third-order valence-corrected chi connectivity index (χ3v) is 7.92. The van der Waals surface area contributed by atoms with E-state index in [0.29, 0.717) is 0 Å². The second kappa shape index (κ2) is 60.1. The Hall–Kier alpha value is -6.17. The van der Waals surface area contributed by atoms with Crippen LogP contribution in [-0.4, -0.2) is 265 Å². The molecule has 0 radical (unpaired) electrons. The van der Waals surface area contributed by atoms with Crippen LogP contribution in [-0.2, 0) is 33.6 Å². The molecular weight excluding hydrogens is 1060 g/mol. The van der Waals surface area contributed by atoms with E-state index >= 15 is 0 Å². The van der Waals surface area contributed by atoms with Gasteiger partial charge in [-0.15, -0.1) is 0 Å². The van der Waals surface area contributed by atoms with E-state index in [2.05, 4.69) is 46.1 Å². The number of carboxylic acid groups (broad SMARTS) is 7. The molecule has 0 unspecified atom stereocenters. The number of carboxylic acids is 7. The van der Waals surface area contributed by atoms with Crippen molar-refractivity contribution in [3.8, 4) is 0 Å². The fraction of sp³-hybridized carbons (Fsp3) is 0.562. The van der Waals surface area contributed by atoms with E-state index < -0.39 is 169 Å². The Morgan fingerprint density at radius 1 is 0.205 bits per heavy atom. The summed E-state index contributed by atoms with van der Waals surface area (Å²) in [6.45, 7) is 25.7. The standard InChI is InChI=1S/4C5H12O4.7C4H6O2/c4*6-1-5(2-7,3-8)4-9;7*1-3(2)4(5)6/h4*6-9H,1-4H2;7*1H2,2H3,(H,5,6). The van der Waals surface area contributed by atoms with E-state index in [4.69, 9.17) is 117 Å². The van der Waals surface area contributed by atoms with Gasteiger partial charge in [-0.3, -0.25) is 0 Å². The predicted molar refractivity (Wildman–Crippen MR) is 280 cm³/mol. The lowest BCUT2D eigenvalue weighted by Crippen LogP contribution is -2.37. The van der Waals surface area contributed by atoms with Crippen LogP contribution in [0.25, 0.3) is 0 Å². The zero-order valence-electron chi connectivity index (χ0n) is 45.4. The Morgan fingerprint density at radius 3 is 0.244 bits per heavy atom. The van der Waals surface area contributed by atoms with Gasteiger partial charge in [0.25, 0.3) is 0 Å². The highest BCUT2D eigenvalue weighted by molar-refractivity contribution is 5.86. The average molecular weight is 1150 g/mol. The summed E-state index contributed by atoms with van der Waals surface area (Å²) in [4.78, 5) is 67.2. The number of hydrogen-bond donors (Lipinski definition) is 23. The lowest BCUT2D eigenvalue weighted by molar-refractivity contribution is -0.133. The van der Waals surface area contributed by atoms with Crippen molar-refractivity contribution in [3.63, 3.8) is 0 Å². The predicted octanol–water partition coefficient (Wildman–Crippen LogP) is -3.70. The third-order valence-electron chi connectivity index (χ3n) is 7.92. The summed E-state index contributed by atoms with van der Waals surface area (Å²) >= 11 is 0. The highest BCUT2D eigenvalue weighted by atomic mass is 16.4. The van der Waals surface area contributed by atoms with Crippen LogP contribution < -0.4 is 0 Å². The Kier molecular flexibility index (Phi) is 75.0. The highest BCUT2D eigenvalue weighted by Crippen LogP contribution is 2.14. The maximum absolute atomic E-state index is 9.60. The fourth-order valence-corrected chi connectivity index (χ4v) is 1.20. The van der Waals surface area contributed by atoms with Gasteiger partial charge in [0.1, 0.15) is 0 Å². The zero-order chi connectivity index (χ0) is 65.4. The molecule has 0 saturated heterocycles. The van der Waals surface area contributed by atoms with Crippen molar-refractivity contribution < 1.29 is 151 Å².